The minimum Gasteiger partial charge on any atom is -0.472 e. The molecule has 0 spiro atoms. The molecular formula is C19H14ClN3O5. The second-order valence-corrected chi connectivity index (χ2v) is 6.22. The first-order chi connectivity index (χ1) is 13.4. The number of carbonyl (C=O) groups is 2. The fourth-order valence-corrected chi connectivity index (χ4v) is 2.70. The van der Waals surface area contributed by atoms with Crippen LogP contribution < -0.4 is 10.6 Å². The van der Waals surface area contributed by atoms with E-state index in [1.807, 2.05) is 6.07 Å². The molecular weight excluding hydrogens is 386 g/mol. The van der Waals surface area contributed by atoms with E-state index in [1.54, 1.807) is 6.07 Å². The van der Waals surface area contributed by atoms with Gasteiger partial charge < -0.3 is 24.6 Å². The molecule has 0 saturated heterocycles. The smallest absolute Gasteiger partial charge is 0.313 e. The Kier molecular flexibility index (Phi) is 5.49. The van der Waals surface area contributed by atoms with Crippen LogP contribution in [0.4, 0.5) is 5.69 Å². The predicted octanol–water partition coefficient (Wildman–Crippen LogP) is 2.39. The van der Waals surface area contributed by atoms with E-state index in [0.717, 1.165) is 0 Å². The summed E-state index contributed by atoms with van der Waals surface area (Å²) in [7, 11) is 0. The molecule has 28 heavy (non-hydrogen) atoms. The molecule has 1 aromatic carbocycles. The Morgan fingerprint density at radius 1 is 1.21 bits per heavy atom. The Bertz CT molecular complexity index is 988. The normalized spacial score (nSPS) is 12.6. The molecule has 0 aliphatic carbocycles. The van der Waals surface area contributed by atoms with E-state index in [4.69, 9.17) is 25.7 Å². The van der Waals surface area contributed by atoms with Gasteiger partial charge in [-0.05, 0) is 36.4 Å². The summed E-state index contributed by atoms with van der Waals surface area (Å²) < 4.78 is 10.3. The number of carbonyl (C=O) groups excluding carboxylic acids is 2. The number of anilines is 1. The van der Waals surface area contributed by atoms with Gasteiger partial charge in [0.15, 0.2) is 5.60 Å². The van der Waals surface area contributed by atoms with E-state index in [0.29, 0.717) is 10.6 Å². The van der Waals surface area contributed by atoms with Gasteiger partial charge in [0.05, 0.1) is 36.6 Å². The second-order valence-electron chi connectivity index (χ2n) is 5.79. The van der Waals surface area contributed by atoms with Crippen molar-refractivity contribution in [2.45, 2.75) is 5.60 Å². The number of aliphatic hydroxyl groups is 1. The molecule has 2 heterocycles. The SMILES string of the molecule is N#Cc1ccc(Cl)cc1NC(=O)C(=O)NC[C@@](O)(c1ccoc1)c1ccco1. The van der Waals surface area contributed by atoms with Crippen molar-refractivity contribution in [3.8, 4) is 6.07 Å². The van der Waals surface area contributed by atoms with E-state index in [9.17, 15) is 14.7 Å². The molecule has 0 saturated carbocycles. The van der Waals surface area contributed by atoms with Gasteiger partial charge in [-0.15, -0.1) is 0 Å². The van der Waals surface area contributed by atoms with Crippen molar-refractivity contribution in [1.29, 1.82) is 5.26 Å². The molecule has 3 N–H and O–H groups in total. The Morgan fingerprint density at radius 3 is 2.68 bits per heavy atom. The lowest BCUT2D eigenvalue weighted by atomic mass is 9.93. The number of hydrogen-bond acceptors (Lipinski definition) is 6. The molecule has 2 amide bonds. The molecule has 2 aromatic heterocycles. The number of rotatable bonds is 5. The minimum absolute atomic E-state index is 0.103. The predicted molar refractivity (Wildman–Crippen MR) is 98.2 cm³/mol. The minimum atomic E-state index is -1.74. The van der Waals surface area contributed by atoms with Crippen LogP contribution in [0.15, 0.2) is 64.0 Å². The monoisotopic (exact) mass is 399 g/mol. The molecule has 0 radical (unpaired) electrons. The number of nitriles is 1. The molecule has 3 aromatic rings. The van der Waals surface area contributed by atoms with Gasteiger partial charge in [-0.1, -0.05) is 11.6 Å². The van der Waals surface area contributed by atoms with Gasteiger partial charge in [-0.2, -0.15) is 5.26 Å². The number of furan rings is 2. The van der Waals surface area contributed by atoms with E-state index >= 15 is 0 Å². The average molecular weight is 400 g/mol. The third kappa shape index (κ3) is 3.91. The van der Waals surface area contributed by atoms with Crippen LogP contribution in [0, 0.1) is 11.3 Å². The summed E-state index contributed by atoms with van der Waals surface area (Å²) in [5.41, 5.74) is -1.15. The zero-order chi connectivity index (χ0) is 20.1. The highest BCUT2D eigenvalue weighted by Gasteiger charge is 2.36. The summed E-state index contributed by atoms with van der Waals surface area (Å²) in [5.74, 6) is -1.87. The van der Waals surface area contributed by atoms with Crippen LogP contribution in [0.3, 0.4) is 0 Å². The first kappa shape index (κ1) is 19.2. The summed E-state index contributed by atoms with van der Waals surface area (Å²) in [5, 5.41) is 25.1. The molecule has 0 bridgehead atoms. The molecule has 9 heteroatoms. The Balaban J connectivity index is 1.73. The first-order valence-electron chi connectivity index (χ1n) is 8.02. The zero-order valence-electron chi connectivity index (χ0n) is 14.3. The number of hydrogen-bond donors (Lipinski definition) is 3. The van der Waals surface area contributed by atoms with Gasteiger partial charge in [0, 0.05) is 10.6 Å². The number of nitrogens with zero attached hydrogens (tertiary/aromatic N) is 1. The van der Waals surface area contributed by atoms with Gasteiger partial charge in [0.2, 0.25) is 0 Å². The van der Waals surface area contributed by atoms with Crippen molar-refractivity contribution in [3.63, 3.8) is 0 Å². The van der Waals surface area contributed by atoms with E-state index in [-0.39, 0.29) is 23.6 Å². The molecule has 8 nitrogen and oxygen atoms in total. The standard InChI is InChI=1S/C19H14ClN3O5/c20-14-4-3-12(9-21)15(8-14)23-18(25)17(24)22-11-19(26,13-5-7-27-10-13)16-2-1-6-28-16/h1-8,10,26H,11H2,(H,22,24)(H,23,25)/t19-/m1/s1. The van der Waals surface area contributed by atoms with Crippen LogP contribution in [-0.4, -0.2) is 23.5 Å². The molecule has 142 valence electrons. The molecule has 0 unspecified atom stereocenters. The zero-order valence-corrected chi connectivity index (χ0v) is 15.1. The number of benzene rings is 1. The highest BCUT2D eigenvalue weighted by molar-refractivity contribution is 6.40. The van der Waals surface area contributed by atoms with Crippen LogP contribution in [0.5, 0.6) is 0 Å². The first-order valence-corrected chi connectivity index (χ1v) is 8.39. The van der Waals surface area contributed by atoms with Crippen LogP contribution in [0.1, 0.15) is 16.9 Å². The van der Waals surface area contributed by atoms with Crippen LogP contribution >= 0.6 is 11.6 Å². The van der Waals surface area contributed by atoms with Crippen molar-refractivity contribution in [2.24, 2.45) is 0 Å². The molecule has 0 aliphatic rings. The summed E-state index contributed by atoms with van der Waals surface area (Å²) in [6.07, 6.45) is 4.04. The van der Waals surface area contributed by atoms with E-state index in [1.165, 1.54) is 49.1 Å². The third-order valence-electron chi connectivity index (χ3n) is 3.99. The Labute approximate surface area is 164 Å². The van der Waals surface area contributed by atoms with Gasteiger partial charge in [-0.25, -0.2) is 0 Å². The van der Waals surface area contributed by atoms with Crippen LogP contribution in [-0.2, 0) is 15.2 Å². The lowest BCUT2D eigenvalue weighted by Gasteiger charge is -2.25. The maximum atomic E-state index is 12.2. The molecule has 1 atom stereocenters. The Hall–Kier alpha value is -3.54. The third-order valence-corrected chi connectivity index (χ3v) is 4.22. The van der Waals surface area contributed by atoms with Crippen molar-refractivity contribution in [1.82, 2.24) is 5.32 Å². The largest absolute Gasteiger partial charge is 0.472 e. The second kappa shape index (κ2) is 8.00. The summed E-state index contributed by atoms with van der Waals surface area (Å²) in [6, 6.07) is 10.8. The van der Waals surface area contributed by atoms with E-state index in [2.05, 4.69) is 10.6 Å². The summed E-state index contributed by atoms with van der Waals surface area (Å²) >= 11 is 5.86. The molecule has 3 rings (SSSR count). The Morgan fingerprint density at radius 2 is 2.04 bits per heavy atom. The lowest BCUT2D eigenvalue weighted by molar-refractivity contribution is -0.136. The highest BCUT2D eigenvalue weighted by atomic mass is 35.5. The fourth-order valence-electron chi connectivity index (χ4n) is 2.53. The van der Waals surface area contributed by atoms with Crippen molar-refractivity contribution >= 4 is 29.1 Å². The topological polar surface area (TPSA) is 128 Å². The fraction of sp³-hybridized carbons (Fsp3) is 0.105. The molecule has 0 fully saturated rings. The highest BCUT2D eigenvalue weighted by Crippen LogP contribution is 2.29. The van der Waals surface area contributed by atoms with Gasteiger partial charge in [0.25, 0.3) is 0 Å². The van der Waals surface area contributed by atoms with Gasteiger partial charge in [0.1, 0.15) is 11.8 Å². The average Bonchev–Trinajstić information content (AvgIpc) is 3.40. The molecule has 0 aliphatic heterocycles. The quantitative estimate of drug-likeness (QED) is 0.565. The number of amides is 2. The lowest BCUT2D eigenvalue weighted by Crippen LogP contribution is -2.45. The van der Waals surface area contributed by atoms with Crippen LogP contribution in [0.25, 0.3) is 0 Å². The maximum Gasteiger partial charge on any atom is 0.313 e. The van der Waals surface area contributed by atoms with Gasteiger partial charge >= 0.3 is 11.8 Å². The van der Waals surface area contributed by atoms with Crippen molar-refractivity contribution in [3.05, 3.63) is 77.1 Å². The summed E-state index contributed by atoms with van der Waals surface area (Å²) in [4.78, 5) is 24.4. The van der Waals surface area contributed by atoms with E-state index < -0.39 is 17.4 Å². The number of halogens is 1. The maximum absolute atomic E-state index is 12.2. The van der Waals surface area contributed by atoms with Gasteiger partial charge in [-0.3, -0.25) is 9.59 Å². The summed E-state index contributed by atoms with van der Waals surface area (Å²) in [6.45, 7) is -0.354. The van der Waals surface area contributed by atoms with Crippen LogP contribution in [0.2, 0.25) is 5.02 Å². The van der Waals surface area contributed by atoms with Crippen molar-refractivity contribution in [2.75, 3.05) is 11.9 Å². The van der Waals surface area contributed by atoms with Crippen molar-refractivity contribution < 1.29 is 23.5 Å². The number of nitrogens with one attached hydrogen (secondary N) is 2.